The minimum Gasteiger partial charge on any atom is -0.412 e. The summed E-state index contributed by atoms with van der Waals surface area (Å²) in [6.45, 7) is 11.4. The van der Waals surface area contributed by atoms with E-state index in [1.165, 1.54) is 6.42 Å². The third-order valence-corrected chi connectivity index (χ3v) is 6.67. The fourth-order valence-electron chi connectivity index (χ4n) is 4.41. The smallest absolute Gasteiger partial charge is 0.184 e. The lowest BCUT2D eigenvalue weighted by atomic mass is 9.84. The van der Waals surface area contributed by atoms with E-state index in [0.29, 0.717) is 23.9 Å². The van der Waals surface area contributed by atoms with Crippen LogP contribution < -0.4 is 0 Å². The molecule has 0 aromatic carbocycles. The standard InChI is InChI=1S/C19H36O3Si/c1-6-19(7-2,22-23(3,4)5)12-8-9-17-14-15-13-16(20)10-11-18(15)21-17/h15,17-18H,6-14H2,1-5H3. The highest BCUT2D eigenvalue weighted by atomic mass is 28.4. The van der Waals surface area contributed by atoms with Gasteiger partial charge in [0.1, 0.15) is 5.78 Å². The van der Waals surface area contributed by atoms with E-state index in [9.17, 15) is 4.79 Å². The number of rotatable bonds is 8. The lowest BCUT2D eigenvalue weighted by Gasteiger charge is -2.38. The Labute approximate surface area is 143 Å². The van der Waals surface area contributed by atoms with E-state index in [0.717, 1.165) is 51.4 Å². The first-order valence-electron chi connectivity index (χ1n) is 9.64. The van der Waals surface area contributed by atoms with Crippen molar-refractivity contribution in [3.63, 3.8) is 0 Å². The first-order valence-corrected chi connectivity index (χ1v) is 13.0. The summed E-state index contributed by atoms with van der Waals surface area (Å²) < 4.78 is 12.8. The molecular formula is C19H36O3Si. The highest BCUT2D eigenvalue weighted by Gasteiger charge is 2.39. The molecule has 3 atom stereocenters. The topological polar surface area (TPSA) is 35.5 Å². The first-order chi connectivity index (χ1) is 10.8. The van der Waals surface area contributed by atoms with E-state index >= 15 is 0 Å². The van der Waals surface area contributed by atoms with Crippen LogP contribution in [0.4, 0.5) is 0 Å². The van der Waals surface area contributed by atoms with E-state index in [2.05, 4.69) is 33.5 Å². The Balaban J connectivity index is 1.80. The van der Waals surface area contributed by atoms with Gasteiger partial charge in [0, 0.05) is 12.8 Å². The van der Waals surface area contributed by atoms with Crippen LogP contribution >= 0.6 is 0 Å². The molecule has 1 saturated heterocycles. The minimum atomic E-state index is -1.52. The zero-order valence-electron chi connectivity index (χ0n) is 15.8. The molecule has 134 valence electrons. The highest BCUT2D eigenvalue weighted by molar-refractivity contribution is 6.69. The number of hydrogen-bond donors (Lipinski definition) is 0. The molecule has 0 radical (unpaired) electrons. The molecule has 0 aromatic rings. The van der Waals surface area contributed by atoms with Crippen LogP contribution in [0.15, 0.2) is 0 Å². The van der Waals surface area contributed by atoms with Crippen molar-refractivity contribution < 1.29 is 14.0 Å². The van der Waals surface area contributed by atoms with E-state index in [-0.39, 0.29) is 5.60 Å². The number of Topliss-reactive ketones (excluding diaryl/α,β-unsaturated/α-hetero) is 1. The van der Waals surface area contributed by atoms with Crippen molar-refractivity contribution in [2.45, 2.75) is 109 Å². The molecule has 3 nitrogen and oxygen atoms in total. The van der Waals surface area contributed by atoms with Crippen molar-refractivity contribution >= 4 is 14.1 Å². The van der Waals surface area contributed by atoms with Gasteiger partial charge < -0.3 is 9.16 Å². The molecule has 1 heterocycles. The Bertz CT molecular complexity index is 398. The summed E-state index contributed by atoms with van der Waals surface area (Å²) >= 11 is 0. The summed E-state index contributed by atoms with van der Waals surface area (Å²) in [5.74, 6) is 0.941. The summed E-state index contributed by atoms with van der Waals surface area (Å²) in [6.07, 6.45) is 9.88. The summed E-state index contributed by atoms with van der Waals surface area (Å²) in [6, 6.07) is 0. The molecular weight excluding hydrogens is 304 g/mol. The van der Waals surface area contributed by atoms with Crippen LogP contribution in [-0.4, -0.2) is 31.9 Å². The fraction of sp³-hybridized carbons (Fsp3) is 0.947. The minimum absolute atomic E-state index is 0.0613. The Hall–Kier alpha value is -0.193. The molecule has 23 heavy (non-hydrogen) atoms. The van der Waals surface area contributed by atoms with Gasteiger partial charge in [-0.15, -0.1) is 0 Å². The molecule has 1 aliphatic heterocycles. The van der Waals surface area contributed by atoms with Crippen LogP contribution in [-0.2, 0) is 14.0 Å². The van der Waals surface area contributed by atoms with Crippen LogP contribution in [0.1, 0.15) is 71.6 Å². The molecule has 3 unspecified atom stereocenters. The molecule has 0 amide bonds. The van der Waals surface area contributed by atoms with Crippen molar-refractivity contribution in [1.29, 1.82) is 0 Å². The van der Waals surface area contributed by atoms with E-state index in [4.69, 9.17) is 9.16 Å². The number of carbonyl (C=O) groups excluding carboxylic acids is 1. The van der Waals surface area contributed by atoms with Gasteiger partial charge in [-0.05, 0) is 70.5 Å². The van der Waals surface area contributed by atoms with Gasteiger partial charge in [-0.2, -0.15) is 0 Å². The molecule has 0 N–H and O–H groups in total. The number of fused-ring (bicyclic) bond motifs is 1. The predicted octanol–water partition coefficient (Wildman–Crippen LogP) is 5.09. The van der Waals surface area contributed by atoms with Crippen molar-refractivity contribution in [2.75, 3.05) is 0 Å². The quantitative estimate of drug-likeness (QED) is 0.577. The number of ketones is 1. The van der Waals surface area contributed by atoms with Gasteiger partial charge in [0.05, 0.1) is 17.8 Å². The zero-order chi connectivity index (χ0) is 17.1. The maximum atomic E-state index is 11.6. The van der Waals surface area contributed by atoms with Gasteiger partial charge >= 0.3 is 0 Å². The van der Waals surface area contributed by atoms with Gasteiger partial charge in [-0.25, -0.2) is 0 Å². The average Bonchev–Trinajstić information content (AvgIpc) is 2.86. The van der Waals surface area contributed by atoms with Crippen molar-refractivity contribution in [1.82, 2.24) is 0 Å². The Morgan fingerprint density at radius 1 is 1.26 bits per heavy atom. The first kappa shape index (κ1) is 19.1. The SMILES string of the molecule is CCC(CC)(CCCC1CC2CC(=O)CCC2O1)O[Si](C)(C)C. The molecule has 2 aliphatic rings. The molecule has 0 aromatic heterocycles. The Morgan fingerprint density at radius 2 is 1.96 bits per heavy atom. The van der Waals surface area contributed by atoms with Crippen molar-refractivity contribution in [3.8, 4) is 0 Å². The van der Waals surface area contributed by atoms with Gasteiger partial charge in [0.25, 0.3) is 0 Å². The van der Waals surface area contributed by atoms with E-state index in [1.54, 1.807) is 0 Å². The second-order valence-electron chi connectivity index (χ2n) is 8.57. The number of carbonyl (C=O) groups is 1. The molecule has 1 aliphatic carbocycles. The van der Waals surface area contributed by atoms with Crippen LogP contribution in [0, 0.1) is 5.92 Å². The highest BCUT2D eigenvalue weighted by Crippen LogP contribution is 2.38. The van der Waals surface area contributed by atoms with Gasteiger partial charge in [0.15, 0.2) is 8.32 Å². The molecule has 0 bridgehead atoms. The normalized spacial score (nSPS) is 28.9. The van der Waals surface area contributed by atoms with E-state index in [1.807, 2.05) is 0 Å². The van der Waals surface area contributed by atoms with Crippen molar-refractivity contribution in [3.05, 3.63) is 0 Å². The maximum absolute atomic E-state index is 11.6. The van der Waals surface area contributed by atoms with Gasteiger partial charge in [-0.1, -0.05) is 13.8 Å². The summed E-state index contributed by atoms with van der Waals surface area (Å²) in [7, 11) is -1.52. The summed E-state index contributed by atoms with van der Waals surface area (Å²) in [5.41, 5.74) is 0.0613. The van der Waals surface area contributed by atoms with E-state index < -0.39 is 8.32 Å². The van der Waals surface area contributed by atoms with Crippen molar-refractivity contribution in [2.24, 2.45) is 5.92 Å². The molecule has 1 saturated carbocycles. The van der Waals surface area contributed by atoms with Gasteiger partial charge in [0.2, 0.25) is 0 Å². The second kappa shape index (κ2) is 7.79. The Kier molecular flexibility index (Phi) is 6.48. The summed E-state index contributed by atoms with van der Waals surface area (Å²) in [5, 5.41) is 0. The molecule has 2 rings (SSSR count). The lowest BCUT2D eigenvalue weighted by molar-refractivity contribution is -0.123. The maximum Gasteiger partial charge on any atom is 0.184 e. The molecule has 4 heteroatoms. The third kappa shape index (κ3) is 5.40. The fourth-order valence-corrected chi connectivity index (χ4v) is 6.10. The largest absolute Gasteiger partial charge is 0.412 e. The second-order valence-corrected chi connectivity index (χ2v) is 13.0. The molecule has 0 spiro atoms. The zero-order valence-corrected chi connectivity index (χ0v) is 16.8. The third-order valence-electron chi connectivity index (χ3n) is 5.63. The predicted molar refractivity (Wildman–Crippen MR) is 97.2 cm³/mol. The monoisotopic (exact) mass is 340 g/mol. The summed E-state index contributed by atoms with van der Waals surface area (Å²) in [4.78, 5) is 11.6. The molecule has 2 fully saturated rings. The van der Waals surface area contributed by atoms with Crippen LogP contribution in [0.25, 0.3) is 0 Å². The van der Waals surface area contributed by atoms with Crippen LogP contribution in [0.2, 0.25) is 19.6 Å². The Morgan fingerprint density at radius 3 is 2.57 bits per heavy atom. The van der Waals surface area contributed by atoms with Gasteiger partial charge in [-0.3, -0.25) is 4.79 Å². The number of ether oxygens (including phenoxy) is 1. The van der Waals surface area contributed by atoms with Crippen LogP contribution in [0.5, 0.6) is 0 Å². The number of hydrogen-bond acceptors (Lipinski definition) is 3. The van der Waals surface area contributed by atoms with Crippen LogP contribution in [0.3, 0.4) is 0 Å². The average molecular weight is 341 g/mol. The lowest BCUT2D eigenvalue weighted by Crippen LogP contribution is -2.42.